The van der Waals surface area contributed by atoms with Crippen LogP contribution in [0.15, 0.2) is 29.3 Å². The van der Waals surface area contributed by atoms with Gasteiger partial charge in [-0.1, -0.05) is 24.1 Å². The van der Waals surface area contributed by atoms with Crippen molar-refractivity contribution in [1.82, 2.24) is 4.72 Å². The van der Waals surface area contributed by atoms with Crippen LogP contribution in [-0.2, 0) is 0 Å². The van der Waals surface area contributed by atoms with Crippen molar-refractivity contribution in [3.8, 4) is 0 Å². The van der Waals surface area contributed by atoms with Gasteiger partial charge in [0, 0.05) is 23.1 Å². The van der Waals surface area contributed by atoms with Gasteiger partial charge in [0.05, 0.1) is 5.70 Å². The lowest BCUT2D eigenvalue weighted by Crippen LogP contribution is -2.15. The summed E-state index contributed by atoms with van der Waals surface area (Å²) < 4.78 is 2.74. The van der Waals surface area contributed by atoms with E-state index in [0.717, 1.165) is 35.4 Å². The minimum atomic E-state index is -0.0640. The summed E-state index contributed by atoms with van der Waals surface area (Å²) in [5.41, 5.74) is 5.00. The maximum absolute atomic E-state index is 11.9. The van der Waals surface area contributed by atoms with Crippen LogP contribution in [0.25, 0.3) is 5.70 Å². The van der Waals surface area contributed by atoms with Crippen LogP contribution in [0.4, 0.5) is 0 Å². The van der Waals surface area contributed by atoms with Crippen LogP contribution in [-0.4, -0.2) is 17.9 Å². The van der Waals surface area contributed by atoms with E-state index in [-0.39, 0.29) is 5.91 Å². The Labute approximate surface area is 118 Å². The second kappa shape index (κ2) is 6.06. The zero-order valence-electron chi connectivity index (χ0n) is 11.5. The van der Waals surface area contributed by atoms with Gasteiger partial charge in [-0.3, -0.25) is 14.5 Å². The molecule has 1 aliphatic heterocycles. The first-order chi connectivity index (χ1) is 9.11. The molecule has 0 fully saturated rings. The second-order valence-corrected chi connectivity index (χ2v) is 5.25. The number of amides is 1. The Morgan fingerprint density at radius 1 is 1.37 bits per heavy atom. The summed E-state index contributed by atoms with van der Waals surface area (Å²) in [5.74, 6) is -0.0640. The van der Waals surface area contributed by atoms with Crippen molar-refractivity contribution < 1.29 is 4.79 Å². The van der Waals surface area contributed by atoms with Crippen LogP contribution in [0.2, 0.25) is 0 Å². The molecule has 1 amide bonds. The Bertz CT molecular complexity index is 561. The van der Waals surface area contributed by atoms with E-state index in [1.165, 1.54) is 11.9 Å². The first-order valence-electron chi connectivity index (χ1n) is 6.30. The standard InChI is InChI=1S/C15H18N2OS/c1-10-7-8-12(15(18)17-19-3)9-13(10)14-6-4-5-11(2)16-14/h6-9H,4-5H2,1-3H3,(H,17,18). The molecule has 1 aromatic carbocycles. The molecule has 0 saturated carbocycles. The number of hydrogen-bond donors (Lipinski definition) is 1. The minimum Gasteiger partial charge on any atom is -0.296 e. The van der Waals surface area contributed by atoms with Crippen molar-refractivity contribution in [1.29, 1.82) is 0 Å². The summed E-state index contributed by atoms with van der Waals surface area (Å²) >= 11 is 1.31. The molecule has 4 heteroatoms. The van der Waals surface area contributed by atoms with Crippen molar-refractivity contribution in [2.75, 3.05) is 6.26 Å². The summed E-state index contributed by atoms with van der Waals surface area (Å²) in [6.07, 6.45) is 6.02. The largest absolute Gasteiger partial charge is 0.296 e. The van der Waals surface area contributed by atoms with Gasteiger partial charge in [-0.2, -0.15) is 0 Å². The van der Waals surface area contributed by atoms with Crippen molar-refractivity contribution in [3.05, 3.63) is 41.0 Å². The van der Waals surface area contributed by atoms with Crippen molar-refractivity contribution in [2.24, 2.45) is 4.99 Å². The van der Waals surface area contributed by atoms with E-state index < -0.39 is 0 Å². The molecular formula is C15H18N2OS. The van der Waals surface area contributed by atoms with E-state index in [2.05, 4.69) is 15.8 Å². The third-order valence-electron chi connectivity index (χ3n) is 3.13. The first kappa shape index (κ1) is 13.9. The second-order valence-electron chi connectivity index (χ2n) is 4.64. The summed E-state index contributed by atoms with van der Waals surface area (Å²) in [6, 6.07) is 5.75. The van der Waals surface area contributed by atoms with Crippen molar-refractivity contribution in [2.45, 2.75) is 26.7 Å². The Hall–Kier alpha value is -1.55. The molecule has 1 N–H and O–H groups in total. The molecule has 19 heavy (non-hydrogen) atoms. The van der Waals surface area contributed by atoms with Gasteiger partial charge in [0.2, 0.25) is 0 Å². The van der Waals surface area contributed by atoms with Crippen LogP contribution in [0.3, 0.4) is 0 Å². The van der Waals surface area contributed by atoms with Crippen LogP contribution < -0.4 is 4.72 Å². The monoisotopic (exact) mass is 274 g/mol. The number of carbonyl (C=O) groups is 1. The van der Waals surface area contributed by atoms with E-state index >= 15 is 0 Å². The summed E-state index contributed by atoms with van der Waals surface area (Å²) in [7, 11) is 0. The van der Waals surface area contributed by atoms with E-state index in [9.17, 15) is 4.79 Å². The third-order valence-corrected chi connectivity index (χ3v) is 3.52. The molecule has 2 rings (SSSR count). The lowest BCUT2D eigenvalue weighted by Gasteiger charge is -2.13. The molecule has 0 aromatic heterocycles. The van der Waals surface area contributed by atoms with Crippen molar-refractivity contribution >= 4 is 29.3 Å². The fraction of sp³-hybridized carbons (Fsp3) is 0.333. The maximum Gasteiger partial charge on any atom is 0.261 e. The number of benzene rings is 1. The smallest absolute Gasteiger partial charge is 0.261 e. The lowest BCUT2D eigenvalue weighted by molar-refractivity contribution is 0.0984. The Balaban J connectivity index is 2.38. The molecule has 0 atom stereocenters. The normalized spacial score (nSPS) is 14.7. The quantitative estimate of drug-likeness (QED) is 0.856. The summed E-state index contributed by atoms with van der Waals surface area (Å²) in [6.45, 7) is 4.10. The Kier molecular flexibility index (Phi) is 4.43. The topological polar surface area (TPSA) is 41.5 Å². The van der Waals surface area contributed by atoms with Gasteiger partial charge in [-0.25, -0.2) is 0 Å². The van der Waals surface area contributed by atoms with Crippen LogP contribution >= 0.6 is 11.9 Å². The number of carbonyl (C=O) groups excluding carboxylic acids is 1. The zero-order chi connectivity index (χ0) is 13.8. The van der Waals surface area contributed by atoms with Gasteiger partial charge < -0.3 is 0 Å². The van der Waals surface area contributed by atoms with Gasteiger partial charge in [0.1, 0.15) is 0 Å². The molecule has 3 nitrogen and oxygen atoms in total. The molecule has 1 aromatic rings. The summed E-state index contributed by atoms with van der Waals surface area (Å²) in [4.78, 5) is 16.5. The number of hydrogen-bond acceptors (Lipinski definition) is 3. The zero-order valence-corrected chi connectivity index (χ0v) is 12.3. The molecule has 1 aliphatic rings. The van der Waals surface area contributed by atoms with Crippen LogP contribution in [0.1, 0.15) is 41.3 Å². The number of nitrogens with zero attached hydrogens (tertiary/aromatic N) is 1. The molecule has 0 spiro atoms. The number of rotatable bonds is 3. The van der Waals surface area contributed by atoms with E-state index in [4.69, 9.17) is 0 Å². The number of aliphatic imine (C=N–C) groups is 1. The molecule has 0 unspecified atom stereocenters. The van der Waals surface area contributed by atoms with Gasteiger partial charge in [-0.05, 0) is 44.4 Å². The fourth-order valence-corrected chi connectivity index (χ4v) is 2.39. The highest BCUT2D eigenvalue weighted by Gasteiger charge is 2.12. The number of allylic oxidation sites excluding steroid dienone is 1. The molecule has 1 heterocycles. The summed E-state index contributed by atoms with van der Waals surface area (Å²) in [5, 5.41) is 0. The highest BCUT2D eigenvalue weighted by molar-refractivity contribution is 7.97. The Morgan fingerprint density at radius 2 is 2.16 bits per heavy atom. The van der Waals surface area contributed by atoms with E-state index in [0.29, 0.717) is 5.56 Å². The Morgan fingerprint density at radius 3 is 2.84 bits per heavy atom. The highest BCUT2D eigenvalue weighted by atomic mass is 32.2. The molecule has 0 bridgehead atoms. The third kappa shape index (κ3) is 3.26. The van der Waals surface area contributed by atoms with Gasteiger partial charge in [0.25, 0.3) is 5.91 Å². The van der Waals surface area contributed by atoms with Crippen LogP contribution in [0, 0.1) is 6.92 Å². The van der Waals surface area contributed by atoms with Gasteiger partial charge in [-0.15, -0.1) is 0 Å². The van der Waals surface area contributed by atoms with Gasteiger partial charge in [0.15, 0.2) is 0 Å². The van der Waals surface area contributed by atoms with Crippen molar-refractivity contribution in [3.63, 3.8) is 0 Å². The predicted octanol–water partition coefficient (Wildman–Crippen LogP) is 3.60. The SMILES string of the molecule is CSNC(=O)c1ccc(C)c(C2=CCCC(C)=N2)c1. The van der Waals surface area contributed by atoms with Crippen LogP contribution in [0.5, 0.6) is 0 Å². The molecule has 100 valence electrons. The molecule has 0 saturated heterocycles. The van der Waals surface area contributed by atoms with E-state index in [1.807, 2.05) is 38.3 Å². The van der Waals surface area contributed by atoms with Gasteiger partial charge >= 0.3 is 0 Å². The average molecular weight is 274 g/mol. The number of nitrogens with one attached hydrogen (secondary N) is 1. The number of aryl methyl sites for hydroxylation is 1. The lowest BCUT2D eigenvalue weighted by atomic mass is 9.99. The molecule has 0 radical (unpaired) electrons. The van der Waals surface area contributed by atoms with E-state index in [1.54, 1.807) is 0 Å². The minimum absolute atomic E-state index is 0.0640. The molecular weight excluding hydrogens is 256 g/mol. The highest BCUT2D eigenvalue weighted by Crippen LogP contribution is 2.25. The molecule has 0 aliphatic carbocycles. The average Bonchev–Trinajstić information content (AvgIpc) is 2.39. The predicted molar refractivity (Wildman–Crippen MR) is 82.5 cm³/mol. The first-order valence-corrected chi connectivity index (χ1v) is 7.53. The maximum atomic E-state index is 11.9. The fourth-order valence-electron chi connectivity index (χ4n) is 2.09.